The molecular weight excluding hydrogens is 356 g/mol. The van der Waals surface area contributed by atoms with Gasteiger partial charge >= 0.3 is 0 Å². The van der Waals surface area contributed by atoms with Crippen molar-refractivity contribution in [3.05, 3.63) is 47.5 Å². The van der Waals surface area contributed by atoms with Crippen molar-refractivity contribution in [1.82, 2.24) is 0 Å². The van der Waals surface area contributed by atoms with Crippen LogP contribution in [0.25, 0.3) is 0 Å². The number of methoxy groups -OCH3 is 2. The predicted octanol–water partition coefficient (Wildman–Crippen LogP) is 3.35. The van der Waals surface area contributed by atoms with Gasteiger partial charge in [-0.15, -0.1) is 0 Å². The Bertz CT molecular complexity index is 823. The van der Waals surface area contributed by atoms with E-state index in [9.17, 15) is 9.59 Å². The Kier molecular flexibility index (Phi) is 5.32. The number of hydrogen-bond acceptors (Lipinski definition) is 4. The van der Waals surface area contributed by atoms with E-state index in [0.29, 0.717) is 27.9 Å². The Labute approximate surface area is 156 Å². The molecule has 26 heavy (non-hydrogen) atoms. The largest absolute Gasteiger partial charge is 0.497 e. The van der Waals surface area contributed by atoms with Gasteiger partial charge in [-0.2, -0.15) is 0 Å². The Morgan fingerprint density at radius 2 is 1.88 bits per heavy atom. The molecular formula is C19H19ClN2O4. The molecule has 0 aliphatic carbocycles. The van der Waals surface area contributed by atoms with Crippen LogP contribution in [0.2, 0.25) is 5.02 Å². The highest BCUT2D eigenvalue weighted by atomic mass is 35.5. The molecule has 0 aromatic heterocycles. The van der Waals surface area contributed by atoms with E-state index in [0.717, 1.165) is 0 Å². The molecule has 1 atom stereocenters. The van der Waals surface area contributed by atoms with E-state index in [2.05, 4.69) is 5.32 Å². The van der Waals surface area contributed by atoms with Crippen LogP contribution in [0.1, 0.15) is 6.42 Å². The summed E-state index contributed by atoms with van der Waals surface area (Å²) < 4.78 is 10.4. The third-order valence-electron chi connectivity index (χ3n) is 4.29. The summed E-state index contributed by atoms with van der Waals surface area (Å²) in [6.07, 6.45) is 0.137. The van der Waals surface area contributed by atoms with Gasteiger partial charge < -0.3 is 19.7 Å². The monoisotopic (exact) mass is 374 g/mol. The zero-order chi connectivity index (χ0) is 18.7. The lowest BCUT2D eigenvalue weighted by atomic mass is 10.1. The van der Waals surface area contributed by atoms with Gasteiger partial charge in [0.15, 0.2) is 0 Å². The summed E-state index contributed by atoms with van der Waals surface area (Å²) in [6, 6.07) is 12.1. The highest BCUT2D eigenvalue weighted by molar-refractivity contribution is 6.31. The molecule has 1 N–H and O–H groups in total. The van der Waals surface area contributed by atoms with Gasteiger partial charge in [-0.3, -0.25) is 9.59 Å². The van der Waals surface area contributed by atoms with Gasteiger partial charge in [0.2, 0.25) is 11.8 Å². The molecule has 136 valence electrons. The van der Waals surface area contributed by atoms with Gasteiger partial charge in [0, 0.05) is 23.7 Å². The highest BCUT2D eigenvalue weighted by Crippen LogP contribution is 2.35. The number of nitrogens with one attached hydrogen (secondary N) is 1. The maximum absolute atomic E-state index is 12.5. The molecule has 1 saturated heterocycles. The van der Waals surface area contributed by atoms with Crippen LogP contribution < -0.4 is 19.7 Å². The van der Waals surface area contributed by atoms with Crippen molar-refractivity contribution in [2.75, 3.05) is 31.0 Å². The van der Waals surface area contributed by atoms with Crippen LogP contribution in [0.4, 0.5) is 11.4 Å². The summed E-state index contributed by atoms with van der Waals surface area (Å²) in [5.74, 6) is 0.456. The van der Waals surface area contributed by atoms with E-state index in [-0.39, 0.29) is 24.8 Å². The zero-order valence-electron chi connectivity index (χ0n) is 14.5. The zero-order valence-corrected chi connectivity index (χ0v) is 15.2. The number of hydrogen-bond donors (Lipinski definition) is 1. The standard InChI is InChI=1S/C19H19ClN2O4/c1-25-15-6-4-14(5-7-15)21-19(24)12-9-18(23)22(11-12)16-10-13(20)3-8-17(16)26-2/h3-8,10,12H,9,11H2,1-2H3,(H,21,24). The second-order valence-corrected chi connectivity index (χ2v) is 6.38. The van der Waals surface area contributed by atoms with Crippen LogP contribution >= 0.6 is 11.6 Å². The summed E-state index contributed by atoms with van der Waals surface area (Å²) in [5, 5.41) is 3.34. The first-order chi connectivity index (χ1) is 12.5. The van der Waals surface area contributed by atoms with Crippen molar-refractivity contribution in [2.45, 2.75) is 6.42 Å². The van der Waals surface area contributed by atoms with E-state index in [1.165, 1.54) is 7.11 Å². The van der Waals surface area contributed by atoms with Crippen molar-refractivity contribution in [3.8, 4) is 11.5 Å². The second-order valence-electron chi connectivity index (χ2n) is 5.94. The van der Waals surface area contributed by atoms with Gasteiger partial charge in [-0.1, -0.05) is 11.6 Å². The highest BCUT2D eigenvalue weighted by Gasteiger charge is 2.36. The number of ether oxygens (including phenoxy) is 2. The molecule has 0 bridgehead atoms. The van der Waals surface area contributed by atoms with Crippen LogP contribution in [0.3, 0.4) is 0 Å². The molecule has 3 rings (SSSR count). The van der Waals surface area contributed by atoms with Crippen molar-refractivity contribution < 1.29 is 19.1 Å². The summed E-state index contributed by atoms with van der Waals surface area (Å²) >= 11 is 6.05. The fourth-order valence-corrected chi connectivity index (χ4v) is 3.08. The normalized spacial score (nSPS) is 16.5. The Morgan fingerprint density at radius 3 is 2.54 bits per heavy atom. The molecule has 1 unspecified atom stereocenters. The van der Waals surface area contributed by atoms with Crippen molar-refractivity contribution in [3.63, 3.8) is 0 Å². The van der Waals surface area contributed by atoms with E-state index in [4.69, 9.17) is 21.1 Å². The first-order valence-electron chi connectivity index (χ1n) is 8.10. The predicted molar refractivity (Wildman–Crippen MR) is 100 cm³/mol. The molecule has 0 radical (unpaired) electrons. The quantitative estimate of drug-likeness (QED) is 0.871. The van der Waals surface area contributed by atoms with Crippen LogP contribution in [0.15, 0.2) is 42.5 Å². The van der Waals surface area contributed by atoms with Crippen LogP contribution in [-0.4, -0.2) is 32.6 Å². The number of carbonyl (C=O) groups excluding carboxylic acids is 2. The van der Waals surface area contributed by atoms with Crippen LogP contribution in [0.5, 0.6) is 11.5 Å². The number of nitrogens with zero attached hydrogens (tertiary/aromatic N) is 1. The van der Waals surface area contributed by atoms with E-state index in [1.807, 2.05) is 0 Å². The molecule has 0 saturated carbocycles. The topological polar surface area (TPSA) is 67.9 Å². The van der Waals surface area contributed by atoms with Gasteiger partial charge in [-0.05, 0) is 42.5 Å². The summed E-state index contributed by atoms with van der Waals surface area (Å²) in [4.78, 5) is 26.5. The minimum absolute atomic E-state index is 0.137. The fraction of sp³-hybridized carbons (Fsp3) is 0.263. The van der Waals surface area contributed by atoms with Crippen molar-refractivity contribution >= 4 is 34.8 Å². The van der Waals surface area contributed by atoms with E-state index >= 15 is 0 Å². The molecule has 2 aromatic carbocycles. The molecule has 1 aliphatic heterocycles. The van der Waals surface area contributed by atoms with Crippen molar-refractivity contribution in [2.24, 2.45) is 5.92 Å². The summed E-state index contributed by atoms with van der Waals surface area (Å²) in [6.45, 7) is 0.275. The fourth-order valence-electron chi connectivity index (χ4n) is 2.91. The third kappa shape index (κ3) is 3.75. The molecule has 6 nitrogen and oxygen atoms in total. The van der Waals surface area contributed by atoms with E-state index < -0.39 is 5.92 Å². The van der Waals surface area contributed by atoms with Gasteiger partial charge in [0.05, 0.1) is 25.8 Å². The van der Waals surface area contributed by atoms with Crippen LogP contribution in [-0.2, 0) is 9.59 Å². The Hall–Kier alpha value is -2.73. The van der Waals surface area contributed by atoms with Gasteiger partial charge in [0.1, 0.15) is 11.5 Å². The Balaban J connectivity index is 1.72. The number of halogens is 1. The van der Waals surface area contributed by atoms with Crippen LogP contribution in [0, 0.1) is 5.92 Å². The average Bonchev–Trinajstić information content (AvgIpc) is 3.04. The van der Waals surface area contributed by atoms with Crippen molar-refractivity contribution in [1.29, 1.82) is 0 Å². The lowest BCUT2D eigenvalue weighted by Crippen LogP contribution is -2.28. The first-order valence-corrected chi connectivity index (χ1v) is 8.48. The minimum Gasteiger partial charge on any atom is -0.497 e. The molecule has 0 spiro atoms. The number of carbonyl (C=O) groups is 2. The number of rotatable bonds is 5. The van der Waals surface area contributed by atoms with E-state index in [1.54, 1.807) is 54.5 Å². The van der Waals surface area contributed by atoms with Gasteiger partial charge in [0.25, 0.3) is 0 Å². The average molecular weight is 375 g/mol. The maximum atomic E-state index is 12.5. The number of amides is 2. The third-order valence-corrected chi connectivity index (χ3v) is 4.52. The number of anilines is 2. The summed E-state index contributed by atoms with van der Waals surface area (Å²) in [5.41, 5.74) is 1.23. The second kappa shape index (κ2) is 7.66. The minimum atomic E-state index is -0.451. The smallest absolute Gasteiger partial charge is 0.229 e. The molecule has 2 aromatic rings. The van der Waals surface area contributed by atoms with Gasteiger partial charge in [-0.25, -0.2) is 0 Å². The first kappa shape index (κ1) is 18.1. The molecule has 2 amide bonds. The molecule has 7 heteroatoms. The Morgan fingerprint density at radius 1 is 1.15 bits per heavy atom. The number of benzene rings is 2. The molecule has 1 aliphatic rings. The SMILES string of the molecule is COc1ccc(NC(=O)C2CC(=O)N(c3cc(Cl)ccc3OC)C2)cc1. The lowest BCUT2D eigenvalue weighted by Gasteiger charge is -2.20. The maximum Gasteiger partial charge on any atom is 0.229 e. The molecule has 1 heterocycles. The lowest BCUT2D eigenvalue weighted by molar-refractivity contribution is -0.122. The molecule has 1 fully saturated rings. The summed E-state index contributed by atoms with van der Waals surface area (Å²) in [7, 11) is 3.11.